The summed E-state index contributed by atoms with van der Waals surface area (Å²) in [6, 6.07) is 6.34. The molecular formula is C11H18N+. The molecule has 12 heavy (non-hydrogen) atoms. The maximum atomic E-state index is 2.32. The van der Waals surface area contributed by atoms with Gasteiger partial charge in [-0.1, -0.05) is 19.4 Å². The fourth-order valence-corrected chi connectivity index (χ4v) is 1.34. The standard InChI is InChI=1S/C11H18N/c1-3-4-6-9-12-10-7-5-8-11(12)2/h5,7-8,10H,3-4,6,9H2,1-2H3/q+1. The first-order valence-electron chi connectivity index (χ1n) is 4.79. The molecule has 1 heterocycles. The van der Waals surface area contributed by atoms with Gasteiger partial charge in [-0.2, -0.15) is 0 Å². The van der Waals surface area contributed by atoms with Crippen molar-refractivity contribution in [3.05, 3.63) is 30.1 Å². The molecule has 0 radical (unpaired) electrons. The second-order valence-electron chi connectivity index (χ2n) is 3.24. The molecule has 0 atom stereocenters. The first-order valence-corrected chi connectivity index (χ1v) is 4.79. The Bertz CT molecular complexity index is 230. The lowest BCUT2D eigenvalue weighted by Gasteiger charge is -1.98. The number of rotatable bonds is 4. The second-order valence-corrected chi connectivity index (χ2v) is 3.24. The van der Waals surface area contributed by atoms with Crippen molar-refractivity contribution in [2.75, 3.05) is 0 Å². The minimum Gasteiger partial charge on any atom is -0.203 e. The van der Waals surface area contributed by atoms with Crippen LogP contribution in [0.15, 0.2) is 24.4 Å². The average molecular weight is 164 g/mol. The van der Waals surface area contributed by atoms with Crippen molar-refractivity contribution in [2.24, 2.45) is 0 Å². The highest BCUT2D eigenvalue weighted by molar-refractivity contribution is 4.93. The summed E-state index contributed by atoms with van der Waals surface area (Å²) in [5.74, 6) is 0. The Morgan fingerprint density at radius 2 is 2.08 bits per heavy atom. The van der Waals surface area contributed by atoms with E-state index < -0.39 is 0 Å². The molecule has 0 aliphatic rings. The monoisotopic (exact) mass is 164 g/mol. The quantitative estimate of drug-likeness (QED) is 0.475. The van der Waals surface area contributed by atoms with E-state index in [1.165, 1.54) is 31.5 Å². The van der Waals surface area contributed by atoms with Crippen LogP contribution in [0.2, 0.25) is 0 Å². The number of aromatic nitrogens is 1. The van der Waals surface area contributed by atoms with E-state index in [0.717, 1.165) is 0 Å². The Hall–Kier alpha value is -0.850. The molecule has 1 rings (SSSR count). The van der Waals surface area contributed by atoms with Crippen LogP contribution in [0.1, 0.15) is 31.9 Å². The number of hydrogen-bond donors (Lipinski definition) is 0. The topological polar surface area (TPSA) is 3.88 Å². The lowest BCUT2D eigenvalue weighted by Crippen LogP contribution is -2.36. The van der Waals surface area contributed by atoms with Crippen LogP contribution in [0.4, 0.5) is 0 Å². The fourth-order valence-electron chi connectivity index (χ4n) is 1.34. The largest absolute Gasteiger partial charge is 0.203 e. The van der Waals surface area contributed by atoms with Gasteiger partial charge in [0.15, 0.2) is 11.9 Å². The molecule has 0 spiro atoms. The lowest BCUT2D eigenvalue weighted by atomic mass is 10.2. The van der Waals surface area contributed by atoms with E-state index >= 15 is 0 Å². The van der Waals surface area contributed by atoms with E-state index in [1.54, 1.807) is 0 Å². The van der Waals surface area contributed by atoms with Crippen LogP contribution in [-0.2, 0) is 6.54 Å². The predicted molar refractivity (Wildman–Crippen MR) is 50.9 cm³/mol. The number of unbranched alkanes of at least 4 members (excludes halogenated alkanes) is 2. The molecule has 0 amide bonds. The fraction of sp³-hybridized carbons (Fsp3) is 0.545. The number of aryl methyl sites for hydroxylation is 2. The summed E-state index contributed by atoms with van der Waals surface area (Å²) in [6.07, 6.45) is 6.09. The van der Waals surface area contributed by atoms with Crippen LogP contribution in [0.3, 0.4) is 0 Å². The van der Waals surface area contributed by atoms with Crippen LogP contribution in [-0.4, -0.2) is 0 Å². The highest BCUT2D eigenvalue weighted by Crippen LogP contribution is 1.95. The summed E-state index contributed by atoms with van der Waals surface area (Å²) in [5, 5.41) is 0. The first kappa shape index (κ1) is 9.24. The molecular weight excluding hydrogens is 146 g/mol. The van der Waals surface area contributed by atoms with Crippen LogP contribution in [0.5, 0.6) is 0 Å². The van der Waals surface area contributed by atoms with Crippen LogP contribution >= 0.6 is 0 Å². The Morgan fingerprint density at radius 1 is 1.25 bits per heavy atom. The maximum Gasteiger partial charge on any atom is 0.178 e. The van der Waals surface area contributed by atoms with Crippen molar-refractivity contribution in [3.8, 4) is 0 Å². The highest BCUT2D eigenvalue weighted by atomic mass is 14.9. The van der Waals surface area contributed by atoms with Gasteiger partial charge in [0.25, 0.3) is 0 Å². The molecule has 0 saturated heterocycles. The predicted octanol–water partition coefficient (Wildman–Crippen LogP) is 2.47. The zero-order valence-corrected chi connectivity index (χ0v) is 8.09. The SMILES string of the molecule is CCCCC[n+]1ccccc1C. The maximum absolute atomic E-state index is 2.32. The van der Waals surface area contributed by atoms with Crippen molar-refractivity contribution in [1.82, 2.24) is 0 Å². The van der Waals surface area contributed by atoms with Crippen molar-refractivity contribution >= 4 is 0 Å². The third-order valence-corrected chi connectivity index (χ3v) is 2.17. The first-order chi connectivity index (χ1) is 5.84. The van der Waals surface area contributed by atoms with E-state index in [2.05, 4.69) is 42.8 Å². The van der Waals surface area contributed by atoms with Crippen LogP contribution in [0.25, 0.3) is 0 Å². The van der Waals surface area contributed by atoms with Crippen LogP contribution in [0, 0.1) is 6.92 Å². The molecule has 1 aromatic heterocycles. The van der Waals surface area contributed by atoms with Crippen molar-refractivity contribution in [3.63, 3.8) is 0 Å². The van der Waals surface area contributed by atoms with E-state index in [1.807, 2.05) is 0 Å². The molecule has 1 nitrogen and oxygen atoms in total. The molecule has 0 fully saturated rings. The highest BCUT2D eigenvalue weighted by Gasteiger charge is 2.01. The molecule has 0 saturated carbocycles. The zero-order valence-electron chi connectivity index (χ0n) is 8.09. The van der Waals surface area contributed by atoms with Gasteiger partial charge in [-0.05, 0) is 6.42 Å². The Morgan fingerprint density at radius 3 is 2.75 bits per heavy atom. The summed E-state index contributed by atoms with van der Waals surface area (Å²) in [6.45, 7) is 5.56. The van der Waals surface area contributed by atoms with Gasteiger partial charge in [-0.15, -0.1) is 0 Å². The molecule has 0 aromatic carbocycles. The molecule has 1 aromatic rings. The van der Waals surface area contributed by atoms with Gasteiger partial charge in [-0.3, -0.25) is 0 Å². The average Bonchev–Trinajstić information content (AvgIpc) is 2.09. The van der Waals surface area contributed by atoms with Crippen molar-refractivity contribution < 1.29 is 4.57 Å². The van der Waals surface area contributed by atoms with Crippen molar-refractivity contribution in [1.29, 1.82) is 0 Å². The lowest BCUT2D eigenvalue weighted by molar-refractivity contribution is -0.703. The molecule has 0 aliphatic heterocycles. The smallest absolute Gasteiger partial charge is 0.178 e. The number of hydrogen-bond acceptors (Lipinski definition) is 0. The van der Waals surface area contributed by atoms with Gasteiger partial charge in [-0.25, -0.2) is 4.57 Å². The summed E-state index contributed by atoms with van der Waals surface area (Å²) in [5.41, 5.74) is 1.36. The Kier molecular flexibility index (Phi) is 3.78. The van der Waals surface area contributed by atoms with Gasteiger partial charge in [0.05, 0.1) is 0 Å². The van der Waals surface area contributed by atoms with Crippen LogP contribution < -0.4 is 4.57 Å². The molecule has 1 heteroatoms. The van der Waals surface area contributed by atoms with E-state index in [-0.39, 0.29) is 0 Å². The molecule has 0 aliphatic carbocycles. The summed E-state index contributed by atoms with van der Waals surface area (Å²) < 4.78 is 2.32. The summed E-state index contributed by atoms with van der Waals surface area (Å²) >= 11 is 0. The van der Waals surface area contributed by atoms with E-state index in [9.17, 15) is 0 Å². The van der Waals surface area contributed by atoms with Gasteiger partial charge in [0, 0.05) is 25.5 Å². The van der Waals surface area contributed by atoms with E-state index in [0.29, 0.717) is 0 Å². The minimum atomic E-state index is 1.17. The Labute approximate surface area is 75.1 Å². The summed E-state index contributed by atoms with van der Waals surface area (Å²) in [7, 11) is 0. The third-order valence-electron chi connectivity index (χ3n) is 2.17. The molecule has 0 unspecified atom stereocenters. The third kappa shape index (κ3) is 2.65. The number of nitrogens with zero attached hydrogens (tertiary/aromatic N) is 1. The Balaban J connectivity index is 2.46. The normalized spacial score (nSPS) is 10.2. The minimum absolute atomic E-state index is 1.17. The van der Waals surface area contributed by atoms with Gasteiger partial charge in [0.2, 0.25) is 0 Å². The molecule has 66 valence electrons. The second kappa shape index (κ2) is 4.91. The van der Waals surface area contributed by atoms with Crippen molar-refractivity contribution in [2.45, 2.75) is 39.7 Å². The summed E-state index contributed by atoms with van der Waals surface area (Å²) in [4.78, 5) is 0. The van der Waals surface area contributed by atoms with Gasteiger partial charge >= 0.3 is 0 Å². The molecule has 0 bridgehead atoms. The van der Waals surface area contributed by atoms with E-state index in [4.69, 9.17) is 0 Å². The number of pyridine rings is 1. The van der Waals surface area contributed by atoms with Gasteiger partial charge in [0.1, 0.15) is 6.54 Å². The molecule has 0 N–H and O–H groups in total. The zero-order chi connectivity index (χ0) is 8.81. The van der Waals surface area contributed by atoms with Gasteiger partial charge < -0.3 is 0 Å².